The number of azo groups is 2. The van der Waals surface area contributed by atoms with Gasteiger partial charge in [0.25, 0.3) is 0 Å². The van der Waals surface area contributed by atoms with Crippen molar-refractivity contribution in [3.8, 4) is 23.0 Å². The standard InChI is InChI=1S/C34H28Cl2N6O5/c1-46-31-17-21(15-29(33(31)44)39-37-25-10-5-23(35)6-11-25)3-9-27-19-28(42(20-43)41-27)14-4-22-16-30(34(45)32(18-22)47-2)40-38-26-12-7-24(36)8-13-26/h3-19,43-45H,20H2,1-2H3/b9-3+,14-4+,39-37?,40-38?. The number of nitrogens with zero attached hydrogens (tertiary/aromatic N) is 6. The highest BCUT2D eigenvalue weighted by molar-refractivity contribution is 6.30. The van der Waals surface area contributed by atoms with Gasteiger partial charge in [-0.05, 0) is 102 Å². The fourth-order valence-electron chi connectivity index (χ4n) is 4.27. The lowest BCUT2D eigenvalue weighted by Crippen LogP contribution is -2.00. The molecule has 0 atom stereocenters. The summed E-state index contributed by atoms with van der Waals surface area (Å²) in [5.74, 6) is 0.126. The number of hydrogen-bond acceptors (Lipinski definition) is 10. The number of halogens is 2. The first-order valence-electron chi connectivity index (χ1n) is 14.0. The zero-order valence-electron chi connectivity index (χ0n) is 25.1. The number of phenolic OH excluding ortho intramolecular Hbond substituents is 2. The van der Waals surface area contributed by atoms with E-state index in [9.17, 15) is 15.3 Å². The summed E-state index contributed by atoms with van der Waals surface area (Å²) in [5.41, 5.74) is 4.01. The van der Waals surface area contributed by atoms with Gasteiger partial charge in [-0.3, -0.25) is 0 Å². The average molecular weight is 672 g/mol. The van der Waals surface area contributed by atoms with Crippen LogP contribution in [0, 0.1) is 0 Å². The van der Waals surface area contributed by atoms with Gasteiger partial charge >= 0.3 is 0 Å². The van der Waals surface area contributed by atoms with Gasteiger partial charge in [-0.15, -0.1) is 10.2 Å². The summed E-state index contributed by atoms with van der Waals surface area (Å²) < 4.78 is 12.1. The number of ether oxygens (including phenoxy) is 2. The Kier molecular flexibility index (Phi) is 10.6. The summed E-state index contributed by atoms with van der Waals surface area (Å²) in [4.78, 5) is 0. The summed E-state index contributed by atoms with van der Waals surface area (Å²) in [7, 11) is 2.89. The van der Waals surface area contributed by atoms with Gasteiger partial charge in [0.15, 0.2) is 23.0 Å². The second-order valence-electron chi connectivity index (χ2n) is 9.84. The molecule has 0 radical (unpaired) electrons. The molecular formula is C34H28Cl2N6O5. The van der Waals surface area contributed by atoms with Crippen molar-refractivity contribution in [1.29, 1.82) is 0 Å². The van der Waals surface area contributed by atoms with E-state index in [4.69, 9.17) is 32.7 Å². The minimum atomic E-state index is -0.366. The molecule has 0 saturated carbocycles. The number of aromatic nitrogens is 2. The molecule has 0 unspecified atom stereocenters. The van der Waals surface area contributed by atoms with Crippen molar-refractivity contribution < 1.29 is 24.8 Å². The lowest BCUT2D eigenvalue weighted by molar-refractivity contribution is 0.194. The molecule has 238 valence electrons. The van der Waals surface area contributed by atoms with Gasteiger partial charge in [0.2, 0.25) is 0 Å². The molecule has 11 nitrogen and oxygen atoms in total. The highest BCUT2D eigenvalue weighted by Gasteiger charge is 2.12. The summed E-state index contributed by atoms with van der Waals surface area (Å²) in [6, 6.07) is 22.0. The maximum absolute atomic E-state index is 10.6. The Labute approximate surface area is 280 Å². The van der Waals surface area contributed by atoms with E-state index in [0.29, 0.717) is 43.9 Å². The van der Waals surface area contributed by atoms with Gasteiger partial charge in [0.05, 0.1) is 37.0 Å². The van der Waals surface area contributed by atoms with Gasteiger partial charge in [0, 0.05) is 10.0 Å². The zero-order valence-corrected chi connectivity index (χ0v) is 26.6. The molecule has 0 fully saturated rings. The highest BCUT2D eigenvalue weighted by Crippen LogP contribution is 2.40. The molecule has 0 spiro atoms. The van der Waals surface area contributed by atoms with E-state index < -0.39 is 0 Å². The lowest BCUT2D eigenvalue weighted by Gasteiger charge is -2.07. The summed E-state index contributed by atoms with van der Waals surface area (Å²) in [6.45, 7) is -0.366. The van der Waals surface area contributed by atoms with Crippen LogP contribution in [-0.4, -0.2) is 39.3 Å². The first-order chi connectivity index (χ1) is 22.8. The average Bonchev–Trinajstić information content (AvgIpc) is 3.49. The number of aromatic hydroxyl groups is 2. The van der Waals surface area contributed by atoms with Gasteiger partial charge in [0.1, 0.15) is 18.1 Å². The Hall–Kier alpha value is -5.49. The quantitative estimate of drug-likeness (QED) is 0.119. The smallest absolute Gasteiger partial charge is 0.185 e. The van der Waals surface area contributed by atoms with Crippen LogP contribution in [-0.2, 0) is 6.73 Å². The van der Waals surface area contributed by atoms with Crippen molar-refractivity contribution in [3.05, 3.63) is 111 Å². The van der Waals surface area contributed by atoms with Crippen LogP contribution >= 0.6 is 23.2 Å². The molecule has 1 heterocycles. The molecule has 1 aromatic heterocycles. The Bertz CT molecular complexity index is 1990. The second-order valence-corrected chi connectivity index (χ2v) is 10.7. The molecule has 0 aliphatic heterocycles. The maximum atomic E-state index is 10.6. The molecular weight excluding hydrogens is 643 g/mol. The molecule has 4 aromatic carbocycles. The largest absolute Gasteiger partial charge is 0.503 e. The second kappa shape index (κ2) is 15.2. The number of rotatable bonds is 11. The monoisotopic (exact) mass is 670 g/mol. The molecule has 5 aromatic rings. The number of methoxy groups -OCH3 is 2. The topological polar surface area (TPSA) is 146 Å². The van der Waals surface area contributed by atoms with E-state index in [1.807, 2.05) is 0 Å². The van der Waals surface area contributed by atoms with Crippen LogP contribution in [0.5, 0.6) is 23.0 Å². The zero-order chi connectivity index (χ0) is 33.3. The van der Waals surface area contributed by atoms with E-state index in [-0.39, 0.29) is 41.1 Å². The van der Waals surface area contributed by atoms with E-state index in [2.05, 4.69) is 25.6 Å². The summed E-state index contributed by atoms with van der Waals surface area (Å²) in [6.07, 6.45) is 7.03. The van der Waals surface area contributed by atoms with Crippen LogP contribution in [0.3, 0.4) is 0 Å². The van der Waals surface area contributed by atoms with Gasteiger partial charge in [-0.25, -0.2) is 4.68 Å². The first-order valence-corrected chi connectivity index (χ1v) is 14.7. The molecule has 0 amide bonds. The Morgan fingerprint density at radius 1 is 0.660 bits per heavy atom. The Morgan fingerprint density at radius 3 is 1.57 bits per heavy atom. The highest BCUT2D eigenvalue weighted by atomic mass is 35.5. The van der Waals surface area contributed by atoms with Crippen molar-refractivity contribution >= 4 is 70.3 Å². The predicted octanol–water partition coefficient (Wildman–Crippen LogP) is 9.74. The van der Waals surface area contributed by atoms with Crippen LogP contribution in [0.1, 0.15) is 22.5 Å². The Morgan fingerprint density at radius 2 is 1.13 bits per heavy atom. The maximum Gasteiger partial charge on any atom is 0.185 e. The van der Waals surface area contributed by atoms with Crippen molar-refractivity contribution in [1.82, 2.24) is 9.78 Å². The SMILES string of the molecule is COc1cc(/C=C/c2cc(/C=C/c3cc(N=Nc4ccc(Cl)cc4)c(O)c(OC)c3)n(CO)n2)cc(N=Nc2ccc(Cl)cc2)c1O. The third-order valence-corrected chi connectivity index (χ3v) is 7.15. The number of phenols is 2. The van der Waals surface area contributed by atoms with E-state index >= 15 is 0 Å². The summed E-state index contributed by atoms with van der Waals surface area (Å²) >= 11 is 11.9. The van der Waals surface area contributed by atoms with Gasteiger partial charge in [-0.1, -0.05) is 35.4 Å². The van der Waals surface area contributed by atoms with Crippen molar-refractivity contribution in [2.45, 2.75) is 6.73 Å². The molecule has 0 aliphatic carbocycles. The third-order valence-electron chi connectivity index (χ3n) is 6.65. The molecule has 0 bridgehead atoms. The fourth-order valence-corrected chi connectivity index (χ4v) is 4.52. The van der Waals surface area contributed by atoms with Crippen molar-refractivity contribution in [2.24, 2.45) is 20.5 Å². The van der Waals surface area contributed by atoms with E-state index in [1.165, 1.54) is 18.9 Å². The third kappa shape index (κ3) is 8.41. The first kappa shape index (κ1) is 32.9. The summed E-state index contributed by atoms with van der Waals surface area (Å²) in [5, 5.41) is 53.4. The predicted molar refractivity (Wildman–Crippen MR) is 183 cm³/mol. The molecule has 5 rings (SSSR count). The fraction of sp³-hybridized carbons (Fsp3) is 0.0882. The molecule has 3 N–H and O–H groups in total. The van der Waals surface area contributed by atoms with Gasteiger partial charge in [-0.2, -0.15) is 15.3 Å². The van der Waals surface area contributed by atoms with E-state index in [0.717, 1.165) is 0 Å². The van der Waals surface area contributed by atoms with Crippen LogP contribution in [0.15, 0.2) is 99.3 Å². The Balaban J connectivity index is 1.38. The van der Waals surface area contributed by atoms with Crippen molar-refractivity contribution in [2.75, 3.05) is 14.2 Å². The minimum absolute atomic E-state index is 0.153. The van der Waals surface area contributed by atoms with Crippen LogP contribution in [0.2, 0.25) is 10.0 Å². The van der Waals surface area contributed by atoms with Crippen LogP contribution in [0.25, 0.3) is 24.3 Å². The minimum Gasteiger partial charge on any atom is -0.503 e. The number of benzene rings is 4. The van der Waals surface area contributed by atoms with Crippen LogP contribution in [0.4, 0.5) is 22.7 Å². The molecule has 13 heteroatoms. The molecule has 47 heavy (non-hydrogen) atoms. The molecule has 0 saturated heterocycles. The van der Waals surface area contributed by atoms with E-state index in [1.54, 1.807) is 103 Å². The van der Waals surface area contributed by atoms with Crippen LogP contribution < -0.4 is 9.47 Å². The lowest BCUT2D eigenvalue weighted by atomic mass is 10.1. The number of hydrogen-bond donors (Lipinski definition) is 3. The normalized spacial score (nSPS) is 11.9. The van der Waals surface area contributed by atoms with Crippen molar-refractivity contribution in [3.63, 3.8) is 0 Å². The number of aliphatic hydroxyl groups excluding tert-OH is 1. The van der Waals surface area contributed by atoms with Gasteiger partial charge < -0.3 is 24.8 Å². The molecule has 0 aliphatic rings. The number of aliphatic hydroxyl groups is 1.